The fourth-order valence-electron chi connectivity index (χ4n) is 2.78. The van der Waals surface area contributed by atoms with Gasteiger partial charge in [-0.05, 0) is 44.2 Å². The average Bonchev–Trinajstić information content (AvgIpc) is 2.92. The SMILES string of the molecule is Cc1[nH]c(=O)c(C#N)c(C)c1CCC(=O)N1CCCC1. The van der Waals surface area contributed by atoms with Crippen LogP contribution in [0, 0.1) is 25.2 Å². The molecule has 0 atom stereocenters. The Morgan fingerprint density at radius 1 is 1.35 bits per heavy atom. The number of H-pyrrole nitrogens is 1. The number of aromatic amines is 1. The van der Waals surface area contributed by atoms with E-state index < -0.39 is 0 Å². The van der Waals surface area contributed by atoms with Crippen LogP contribution in [0.25, 0.3) is 0 Å². The van der Waals surface area contributed by atoms with Gasteiger partial charge in [0.05, 0.1) is 0 Å². The maximum Gasteiger partial charge on any atom is 0.266 e. The number of hydrogen-bond acceptors (Lipinski definition) is 3. The molecule has 1 saturated heterocycles. The number of nitrogens with one attached hydrogen (secondary N) is 1. The Hall–Kier alpha value is -2.09. The number of likely N-dealkylation sites (tertiary alicyclic amines) is 1. The lowest BCUT2D eigenvalue weighted by Gasteiger charge is -2.16. The van der Waals surface area contributed by atoms with Crippen LogP contribution in [-0.4, -0.2) is 28.9 Å². The van der Waals surface area contributed by atoms with Crippen LogP contribution in [0.15, 0.2) is 4.79 Å². The number of rotatable bonds is 3. The van der Waals surface area contributed by atoms with Crippen LogP contribution in [0.4, 0.5) is 0 Å². The lowest BCUT2D eigenvalue weighted by atomic mass is 9.99. The van der Waals surface area contributed by atoms with Crippen molar-refractivity contribution in [2.45, 2.75) is 39.5 Å². The second-order valence-corrected chi connectivity index (χ2v) is 5.26. The molecule has 1 amide bonds. The normalized spacial score (nSPS) is 14.3. The van der Waals surface area contributed by atoms with E-state index in [1.54, 1.807) is 6.92 Å². The van der Waals surface area contributed by atoms with Gasteiger partial charge in [0.15, 0.2) is 0 Å². The standard InChI is InChI=1S/C15H19N3O2/c1-10-12(11(2)17-15(20)13(10)9-16)5-6-14(19)18-7-3-4-8-18/h3-8H2,1-2H3,(H,17,20). The lowest BCUT2D eigenvalue weighted by Crippen LogP contribution is -2.28. The van der Waals surface area contributed by atoms with E-state index in [0.29, 0.717) is 18.4 Å². The summed E-state index contributed by atoms with van der Waals surface area (Å²) in [7, 11) is 0. The van der Waals surface area contributed by atoms with Gasteiger partial charge in [-0.15, -0.1) is 0 Å². The molecule has 1 N–H and O–H groups in total. The summed E-state index contributed by atoms with van der Waals surface area (Å²) in [5, 5.41) is 9.02. The van der Waals surface area contributed by atoms with Crippen LogP contribution in [0.2, 0.25) is 0 Å². The van der Waals surface area contributed by atoms with E-state index in [-0.39, 0.29) is 17.0 Å². The number of carbonyl (C=O) groups is 1. The van der Waals surface area contributed by atoms with Gasteiger partial charge in [-0.3, -0.25) is 9.59 Å². The first kappa shape index (κ1) is 14.3. The minimum atomic E-state index is -0.350. The fourth-order valence-corrected chi connectivity index (χ4v) is 2.78. The second kappa shape index (κ2) is 5.91. The van der Waals surface area contributed by atoms with Crippen molar-refractivity contribution in [3.8, 4) is 6.07 Å². The summed E-state index contributed by atoms with van der Waals surface area (Å²) in [6, 6.07) is 1.93. The van der Waals surface area contributed by atoms with Crippen molar-refractivity contribution in [1.29, 1.82) is 5.26 Å². The third-order valence-electron chi connectivity index (χ3n) is 3.97. The average molecular weight is 273 g/mol. The Balaban J connectivity index is 2.15. The molecule has 1 aliphatic rings. The molecule has 0 aromatic carbocycles. The zero-order chi connectivity index (χ0) is 14.7. The number of aryl methyl sites for hydroxylation is 1. The summed E-state index contributed by atoms with van der Waals surface area (Å²) in [6.45, 7) is 5.29. The van der Waals surface area contributed by atoms with Crippen molar-refractivity contribution in [3.63, 3.8) is 0 Å². The predicted octanol–water partition coefficient (Wildman–Crippen LogP) is 1.42. The number of amides is 1. The van der Waals surface area contributed by atoms with Crippen molar-refractivity contribution in [2.75, 3.05) is 13.1 Å². The highest BCUT2D eigenvalue weighted by molar-refractivity contribution is 5.76. The van der Waals surface area contributed by atoms with E-state index in [1.165, 1.54) is 0 Å². The Bertz CT molecular complexity index is 619. The highest BCUT2D eigenvalue weighted by atomic mass is 16.2. The Morgan fingerprint density at radius 2 is 2.00 bits per heavy atom. The van der Waals surface area contributed by atoms with E-state index in [0.717, 1.165) is 37.2 Å². The quantitative estimate of drug-likeness (QED) is 0.904. The molecule has 0 unspecified atom stereocenters. The molecule has 20 heavy (non-hydrogen) atoms. The van der Waals surface area contributed by atoms with Crippen LogP contribution in [-0.2, 0) is 11.2 Å². The molecule has 2 rings (SSSR count). The maximum absolute atomic E-state index is 12.1. The molecule has 0 radical (unpaired) electrons. The Labute approximate surface area is 118 Å². The largest absolute Gasteiger partial charge is 0.343 e. The van der Waals surface area contributed by atoms with Crippen molar-refractivity contribution in [3.05, 3.63) is 32.7 Å². The van der Waals surface area contributed by atoms with Crippen molar-refractivity contribution in [1.82, 2.24) is 9.88 Å². The zero-order valence-electron chi connectivity index (χ0n) is 12.0. The lowest BCUT2D eigenvalue weighted by molar-refractivity contribution is -0.130. The van der Waals surface area contributed by atoms with E-state index in [4.69, 9.17) is 5.26 Å². The molecule has 1 aromatic rings. The molecule has 5 heteroatoms. The molecule has 106 valence electrons. The first-order chi connectivity index (χ1) is 9.54. The van der Waals surface area contributed by atoms with Crippen LogP contribution in [0.1, 0.15) is 41.6 Å². The summed E-state index contributed by atoms with van der Waals surface area (Å²) in [5.41, 5.74) is 2.16. The van der Waals surface area contributed by atoms with Gasteiger partial charge in [-0.25, -0.2) is 0 Å². The van der Waals surface area contributed by atoms with Gasteiger partial charge in [0.2, 0.25) is 5.91 Å². The number of nitrogens with zero attached hydrogens (tertiary/aromatic N) is 2. The molecule has 1 aliphatic heterocycles. The van der Waals surface area contributed by atoms with Crippen molar-refractivity contribution >= 4 is 5.91 Å². The Kier molecular flexibility index (Phi) is 4.23. The fraction of sp³-hybridized carbons (Fsp3) is 0.533. The molecule has 0 spiro atoms. The summed E-state index contributed by atoms with van der Waals surface area (Å²) in [5.74, 6) is 0.158. The van der Waals surface area contributed by atoms with Gasteiger partial charge in [0.1, 0.15) is 11.6 Å². The monoisotopic (exact) mass is 273 g/mol. The zero-order valence-corrected chi connectivity index (χ0v) is 12.0. The molecule has 0 aliphatic carbocycles. The van der Waals surface area contributed by atoms with Crippen LogP contribution in [0.3, 0.4) is 0 Å². The second-order valence-electron chi connectivity index (χ2n) is 5.26. The van der Waals surface area contributed by atoms with E-state index in [9.17, 15) is 9.59 Å². The third kappa shape index (κ3) is 2.74. The molecule has 1 aromatic heterocycles. The third-order valence-corrected chi connectivity index (χ3v) is 3.97. The molecule has 1 fully saturated rings. The minimum Gasteiger partial charge on any atom is -0.343 e. The van der Waals surface area contributed by atoms with Crippen LogP contribution >= 0.6 is 0 Å². The smallest absolute Gasteiger partial charge is 0.266 e. The summed E-state index contributed by atoms with van der Waals surface area (Å²) in [6.07, 6.45) is 3.17. The number of hydrogen-bond donors (Lipinski definition) is 1. The summed E-state index contributed by atoms with van der Waals surface area (Å²) in [4.78, 5) is 28.3. The van der Waals surface area contributed by atoms with E-state index in [2.05, 4.69) is 4.98 Å². The first-order valence-corrected chi connectivity index (χ1v) is 6.95. The molecular formula is C15H19N3O2. The molecule has 2 heterocycles. The molecule has 0 bridgehead atoms. The van der Waals surface area contributed by atoms with Gasteiger partial charge in [0, 0.05) is 25.2 Å². The molecule has 0 saturated carbocycles. The highest BCUT2D eigenvalue weighted by Gasteiger charge is 2.19. The Morgan fingerprint density at radius 3 is 2.60 bits per heavy atom. The molecule has 5 nitrogen and oxygen atoms in total. The van der Waals surface area contributed by atoms with E-state index in [1.807, 2.05) is 17.9 Å². The summed E-state index contributed by atoms with van der Waals surface area (Å²) < 4.78 is 0. The number of nitriles is 1. The van der Waals surface area contributed by atoms with Gasteiger partial charge < -0.3 is 9.88 Å². The van der Waals surface area contributed by atoms with Crippen LogP contribution < -0.4 is 5.56 Å². The van der Waals surface area contributed by atoms with Crippen molar-refractivity contribution in [2.24, 2.45) is 0 Å². The highest BCUT2D eigenvalue weighted by Crippen LogP contribution is 2.16. The number of pyridine rings is 1. The van der Waals surface area contributed by atoms with Gasteiger partial charge >= 0.3 is 0 Å². The van der Waals surface area contributed by atoms with Crippen LogP contribution in [0.5, 0.6) is 0 Å². The molecular weight excluding hydrogens is 254 g/mol. The number of aromatic nitrogens is 1. The van der Waals surface area contributed by atoms with E-state index >= 15 is 0 Å². The topological polar surface area (TPSA) is 77.0 Å². The van der Waals surface area contributed by atoms with Crippen molar-refractivity contribution < 1.29 is 4.79 Å². The van der Waals surface area contributed by atoms with Gasteiger partial charge in [-0.1, -0.05) is 0 Å². The first-order valence-electron chi connectivity index (χ1n) is 6.95. The maximum atomic E-state index is 12.1. The number of carbonyl (C=O) groups excluding carboxylic acids is 1. The summed E-state index contributed by atoms with van der Waals surface area (Å²) >= 11 is 0. The van der Waals surface area contributed by atoms with Gasteiger partial charge in [0.25, 0.3) is 5.56 Å². The minimum absolute atomic E-state index is 0.152. The van der Waals surface area contributed by atoms with Gasteiger partial charge in [-0.2, -0.15) is 5.26 Å². The predicted molar refractivity (Wildman–Crippen MR) is 75.4 cm³/mol.